The molecule has 9 heteroatoms. The molecule has 2 heterocycles. The molecule has 7 nitrogen and oxygen atoms in total. The van der Waals surface area contributed by atoms with E-state index >= 15 is 0 Å². The Kier molecular flexibility index (Phi) is 7.57. The average Bonchev–Trinajstić information content (AvgIpc) is 3.55. The predicted molar refractivity (Wildman–Crippen MR) is 145 cm³/mol. The predicted octanol–water partition coefficient (Wildman–Crippen LogP) is 6.17. The average molecular weight is 500 g/mol. The molecule has 5 rings (SSSR count). The van der Waals surface area contributed by atoms with Gasteiger partial charge in [-0.2, -0.15) is 0 Å². The van der Waals surface area contributed by atoms with Crippen molar-refractivity contribution < 1.29 is 0 Å². The summed E-state index contributed by atoms with van der Waals surface area (Å²) in [7, 11) is 0. The molecule has 35 heavy (non-hydrogen) atoms. The normalized spacial score (nSPS) is 10.7. The Morgan fingerprint density at radius 2 is 0.971 bits per heavy atom. The quantitative estimate of drug-likeness (QED) is 0.225. The summed E-state index contributed by atoms with van der Waals surface area (Å²) in [5.41, 5.74) is 3.21. The van der Waals surface area contributed by atoms with Crippen LogP contribution in [0.2, 0.25) is 0 Å². The lowest BCUT2D eigenvalue weighted by Crippen LogP contribution is -2.28. The topological polar surface area (TPSA) is 78.9 Å². The van der Waals surface area contributed by atoms with Crippen molar-refractivity contribution in [1.29, 1.82) is 0 Å². The number of hydrogen-bond acceptors (Lipinski definition) is 9. The monoisotopic (exact) mass is 499 g/mol. The van der Waals surface area contributed by atoms with Crippen LogP contribution in [0, 0.1) is 0 Å². The van der Waals surface area contributed by atoms with Gasteiger partial charge < -0.3 is 15.5 Å². The fraction of sp³-hybridized carbons (Fsp3) is 0.154. The van der Waals surface area contributed by atoms with Crippen molar-refractivity contribution >= 4 is 50.0 Å². The highest BCUT2D eigenvalue weighted by molar-refractivity contribution is 7.15. The van der Waals surface area contributed by atoms with Gasteiger partial charge in [0.25, 0.3) is 0 Å². The van der Waals surface area contributed by atoms with Gasteiger partial charge in [0.2, 0.25) is 10.3 Å². The standard InChI is InChI=1S/C26H25N7S2/c1-4-10-20(11-5-1)27-25-31-29-23(34-25)16-18-33(22-14-8-3-9-15-22)19-17-24-30-32-26(35-24)28-21-12-6-2-7-13-21/h1-15H,16-19H2,(H,27,31)(H,28,32). The van der Waals surface area contributed by atoms with E-state index in [0.29, 0.717) is 0 Å². The Balaban J connectivity index is 1.20. The number of benzene rings is 3. The Hall–Kier alpha value is -3.82. The van der Waals surface area contributed by atoms with Gasteiger partial charge in [-0.25, -0.2) is 0 Å². The summed E-state index contributed by atoms with van der Waals surface area (Å²) in [5.74, 6) is 0. The van der Waals surface area contributed by atoms with Crippen molar-refractivity contribution in [3.8, 4) is 0 Å². The fourth-order valence-corrected chi connectivity index (χ4v) is 5.07. The molecule has 0 amide bonds. The molecule has 2 N–H and O–H groups in total. The summed E-state index contributed by atoms with van der Waals surface area (Å²) < 4.78 is 0. The van der Waals surface area contributed by atoms with E-state index in [0.717, 1.165) is 57.6 Å². The molecule has 0 atom stereocenters. The molecule has 0 aliphatic carbocycles. The van der Waals surface area contributed by atoms with Crippen molar-refractivity contribution in [2.45, 2.75) is 12.8 Å². The second-order valence-electron chi connectivity index (χ2n) is 7.81. The van der Waals surface area contributed by atoms with E-state index in [4.69, 9.17) is 0 Å². The summed E-state index contributed by atoms with van der Waals surface area (Å²) in [5, 5.41) is 27.7. The number of para-hydroxylation sites is 3. The zero-order valence-electron chi connectivity index (χ0n) is 19.0. The number of aromatic nitrogens is 4. The third-order valence-electron chi connectivity index (χ3n) is 5.30. The highest BCUT2D eigenvalue weighted by atomic mass is 32.1. The van der Waals surface area contributed by atoms with E-state index in [9.17, 15) is 0 Å². The zero-order valence-corrected chi connectivity index (χ0v) is 20.7. The Morgan fingerprint density at radius 3 is 1.43 bits per heavy atom. The lowest BCUT2D eigenvalue weighted by atomic mass is 10.2. The summed E-state index contributed by atoms with van der Waals surface area (Å²) in [6.07, 6.45) is 1.64. The van der Waals surface area contributed by atoms with Gasteiger partial charge in [-0.3, -0.25) is 0 Å². The van der Waals surface area contributed by atoms with Gasteiger partial charge >= 0.3 is 0 Å². The number of nitrogens with zero attached hydrogens (tertiary/aromatic N) is 5. The molecule has 0 fully saturated rings. The van der Waals surface area contributed by atoms with Crippen LogP contribution in [-0.4, -0.2) is 33.5 Å². The van der Waals surface area contributed by atoms with Gasteiger partial charge in [0.1, 0.15) is 10.0 Å². The second-order valence-corrected chi connectivity index (χ2v) is 9.93. The Morgan fingerprint density at radius 1 is 0.543 bits per heavy atom. The lowest BCUT2D eigenvalue weighted by Gasteiger charge is -2.24. The first-order chi connectivity index (χ1) is 17.3. The van der Waals surface area contributed by atoms with Gasteiger partial charge in [0.15, 0.2) is 0 Å². The van der Waals surface area contributed by atoms with Gasteiger partial charge in [-0.1, -0.05) is 77.3 Å². The highest BCUT2D eigenvalue weighted by Gasteiger charge is 2.12. The summed E-state index contributed by atoms with van der Waals surface area (Å²) in [6.45, 7) is 1.69. The highest BCUT2D eigenvalue weighted by Crippen LogP contribution is 2.24. The van der Waals surface area contributed by atoms with E-state index < -0.39 is 0 Å². The fourth-order valence-electron chi connectivity index (χ4n) is 3.57. The number of anilines is 5. The second kappa shape index (κ2) is 11.5. The Bertz CT molecular complexity index is 1220. The molecule has 176 valence electrons. The van der Waals surface area contributed by atoms with Gasteiger partial charge in [-0.15, -0.1) is 20.4 Å². The largest absolute Gasteiger partial charge is 0.371 e. The molecule has 0 radical (unpaired) electrons. The number of hydrogen-bond donors (Lipinski definition) is 2. The van der Waals surface area contributed by atoms with E-state index in [2.05, 4.69) is 60.2 Å². The maximum Gasteiger partial charge on any atom is 0.210 e. The molecule has 0 unspecified atom stereocenters. The Labute approximate surface area is 212 Å². The molecule has 0 spiro atoms. The van der Waals surface area contributed by atoms with Crippen LogP contribution in [0.4, 0.5) is 27.3 Å². The summed E-state index contributed by atoms with van der Waals surface area (Å²) >= 11 is 3.19. The minimum atomic E-state index is 0.810. The van der Waals surface area contributed by atoms with E-state index in [1.54, 1.807) is 22.7 Å². The zero-order chi connectivity index (χ0) is 23.7. The first-order valence-electron chi connectivity index (χ1n) is 11.4. The third-order valence-corrected chi connectivity index (χ3v) is 7.09. The molecule has 0 aliphatic heterocycles. The number of rotatable bonds is 11. The van der Waals surface area contributed by atoms with Crippen LogP contribution >= 0.6 is 22.7 Å². The molecule has 0 bridgehead atoms. The molecular weight excluding hydrogens is 474 g/mol. The van der Waals surface area contributed by atoms with Crippen molar-refractivity contribution in [3.05, 3.63) is 101 Å². The summed E-state index contributed by atoms with van der Waals surface area (Å²) in [6, 6.07) is 30.6. The van der Waals surface area contributed by atoms with Gasteiger partial charge in [-0.05, 0) is 36.4 Å². The van der Waals surface area contributed by atoms with Crippen LogP contribution in [-0.2, 0) is 12.8 Å². The van der Waals surface area contributed by atoms with Crippen molar-refractivity contribution in [2.24, 2.45) is 0 Å². The van der Waals surface area contributed by atoms with Gasteiger partial charge in [0.05, 0.1) is 0 Å². The molecule has 0 saturated carbocycles. The van der Waals surface area contributed by atoms with Crippen molar-refractivity contribution in [2.75, 3.05) is 28.6 Å². The van der Waals surface area contributed by atoms with Crippen LogP contribution in [0.1, 0.15) is 10.0 Å². The smallest absolute Gasteiger partial charge is 0.210 e. The summed E-state index contributed by atoms with van der Waals surface area (Å²) in [4.78, 5) is 2.37. The minimum absolute atomic E-state index is 0.810. The number of nitrogens with one attached hydrogen (secondary N) is 2. The molecule has 5 aromatic rings. The first kappa shape index (κ1) is 22.9. The molecule has 3 aromatic carbocycles. The molecule has 2 aromatic heterocycles. The minimum Gasteiger partial charge on any atom is -0.371 e. The first-order valence-corrected chi connectivity index (χ1v) is 13.0. The SMILES string of the molecule is c1ccc(Nc2nnc(CCN(CCc3nnc(Nc4ccccc4)s3)c3ccccc3)s2)cc1. The van der Waals surface area contributed by atoms with Crippen LogP contribution in [0.5, 0.6) is 0 Å². The van der Waals surface area contributed by atoms with Gasteiger partial charge in [0, 0.05) is 43.0 Å². The van der Waals surface area contributed by atoms with Crippen molar-refractivity contribution in [1.82, 2.24) is 20.4 Å². The lowest BCUT2D eigenvalue weighted by molar-refractivity contribution is 0.755. The van der Waals surface area contributed by atoms with E-state index in [1.165, 1.54) is 5.69 Å². The van der Waals surface area contributed by atoms with Crippen LogP contribution in [0.3, 0.4) is 0 Å². The van der Waals surface area contributed by atoms with Crippen LogP contribution in [0.15, 0.2) is 91.0 Å². The maximum atomic E-state index is 4.39. The third kappa shape index (κ3) is 6.62. The van der Waals surface area contributed by atoms with Crippen LogP contribution in [0.25, 0.3) is 0 Å². The molecule has 0 saturated heterocycles. The maximum absolute atomic E-state index is 4.39. The van der Waals surface area contributed by atoms with Crippen molar-refractivity contribution in [3.63, 3.8) is 0 Å². The van der Waals surface area contributed by atoms with E-state index in [-0.39, 0.29) is 0 Å². The molecular formula is C26H25N7S2. The van der Waals surface area contributed by atoms with E-state index in [1.807, 2.05) is 66.7 Å². The van der Waals surface area contributed by atoms with Crippen LogP contribution < -0.4 is 15.5 Å². The molecule has 0 aliphatic rings.